The monoisotopic (exact) mass is 229 g/mol. The molecule has 17 heavy (non-hydrogen) atoms. The van der Waals surface area contributed by atoms with Crippen LogP contribution in [-0.2, 0) is 4.79 Å². The number of aliphatic carboxylic acids is 1. The number of carboxylic acids is 1. The van der Waals surface area contributed by atoms with Crippen LogP contribution in [0.4, 0.5) is 5.82 Å². The van der Waals surface area contributed by atoms with Crippen molar-refractivity contribution in [2.75, 3.05) is 5.32 Å². The zero-order chi connectivity index (χ0) is 12.3. The Morgan fingerprint density at radius 1 is 1.59 bits per heavy atom. The SMILES string of the molecule is N#Cc1ccnc(NC2C=CC(C(=O)O)C2)c1. The lowest BCUT2D eigenvalue weighted by molar-refractivity contribution is -0.140. The van der Waals surface area contributed by atoms with Crippen LogP contribution in [0.25, 0.3) is 0 Å². The molecular weight excluding hydrogens is 218 g/mol. The number of pyridine rings is 1. The van der Waals surface area contributed by atoms with Crippen LogP contribution in [-0.4, -0.2) is 22.1 Å². The third kappa shape index (κ3) is 2.61. The Morgan fingerprint density at radius 3 is 3.06 bits per heavy atom. The number of nitriles is 1. The molecule has 0 spiro atoms. The standard InChI is InChI=1S/C12H11N3O2/c13-7-8-3-4-14-11(5-8)15-10-2-1-9(6-10)12(16)17/h1-5,9-10H,6H2,(H,14,15)(H,16,17). The number of aromatic nitrogens is 1. The second-order valence-corrected chi connectivity index (χ2v) is 3.86. The molecule has 1 heterocycles. The molecule has 0 aliphatic heterocycles. The summed E-state index contributed by atoms with van der Waals surface area (Å²) in [6, 6.07) is 5.24. The summed E-state index contributed by atoms with van der Waals surface area (Å²) in [6.45, 7) is 0. The molecule has 2 N–H and O–H groups in total. The Kier molecular flexibility index (Phi) is 3.06. The fourth-order valence-corrected chi connectivity index (χ4v) is 1.76. The lowest BCUT2D eigenvalue weighted by Crippen LogP contribution is -2.19. The van der Waals surface area contributed by atoms with Gasteiger partial charge >= 0.3 is 5.97 Å². The van der Waals surface area contributed by atoms with Crippen molar-refractivity contribution in [3.63, 3.8) is 0 Å². The Bertz CT molecular complexity index is 505. The van der Waals surface area contributed by atoms with Gasteiger partial charge in [0.2, 0.25) is 0 Å². The van der Waals surface area contributed by atoms with E-state index in [2.05, 4.69) is 10.3 Å². The van der Waals surface area contributed by atoms with Gasteiger partial charge in [-0.15, -0.1) is 0 Å². The van der Waals surface area contributed by atoms with E-state index >= 15 is 0 Å². The Balaban J connectivity index is 2.01. The second kappa shape index (κ2) is 4.66. The molecule has 5 heteroatoms. The zero-order valence-corrected chi connectivity index (χ0v) is 9.00. The van der Waals surface area contributed by atoms with E-state index < -0.39 is 11.9 Å². The molecular formula is C12H11N3O2. The first-order chi connectivity index (χ1) is 8.19. The number of carboxylic acid groups (broad SMARTS) is 1. The first-order valence-electron chi connectivity index (χ1n) is 5.23. The molecule has 0 fully saturated rings. The summed E-state index contributed by atoms with van der Waals surface area (Å²) in [5, 5.41) is 20.7. The highest BCUT2D eigenvalue weighted by Crippen LogP contribution is 2.21. The number of anilines is 1. The van der Waals surface area contributed by atoms with Crippen LogP contribution in [0, 0.1) is 17.2 Å². The normalized spacial score (nSPS) is 22.1. The van der Waals surface area contributed by atoms with Gasteiger partial charge in [-0.1, -0.05) is 12.2 Å². The number of carbonyl (C=O) groups is 1. The molecule has 1 aromatic heterocycles. The summed E-state index contributed by atoms with van der Waals surface area (Å²) in [6.07, 6.45) is 5.55. The number of nitrogens with zero attached hydrogens (tertiary/aromatic N) is 2. The average molecular weight is 229 g/mol. The van der Waals surface area contributed by atoms with E-state index in [0.29, 0.717) is 17.8 Å². The van der Waals surface area contributed by atoms with Crippen molar-refractivity contribution >= 4 is 11.8 Å². The van der Waals surface area contributed by atoms with Gasteiger partial charge in [-0.2, -0.15) is 5.26 Å². The molecule has 0 saturated carbocycles. The molecule has 0 aromatic carbocycles. The van der Waals surface area contributed by atoms with Crippen molar-refractivity contribution in [3.8, 4) is 6.07 Å². The van der Waals surface area contributed by atoms with Crippen LogP contribution >= 0.6 is 0 Å². The first-order valence-corrected chi connectivity index (χ1v) is 5.23. The molecule has 2 unspecified atom stereocenters. The smallest absolute Gasteiger partial charge is 0.310 e. The van der Waals surface area contributed by atoms with Gasteiger partial charge in [0.25, 0.3) is 0 Å². The zero-order valence-electron chi connectivity index (χ0n) is 9.00. The third-order valence-corrected chi connectivity index (χ3v) is 2.62. The van der Waals surface area contributed by atoms with Gasteiger partial charge in [-0.3, -0.25) is 4.79 Å². The van der Waals surface area contributed by atoms with Crippen molar-refractivity contribution in [1.29, 1.82) is 5.26 Å². The molecule has 0 radical (unpaired) electrons. The van der Waals surface area contributed by atoms with Gasteiger partial charge in [0.15, 0.2) is 0 Å². The maximum absolute atomic E-state index is 10.8. The lowest BCUT2D eigenvalue weighted by atomic mass is 10.1. The minimum atomic E-state index is -0.815. The van der Waals surface area contributed by atoms with Crippen molar-refractivity contribution in [3.05, 3.63) is 36.0 Å². The van der Waals surface area contributed by atoms with Gasteiger partial charge in [0, 0.05) is 12.2 Å². The van der Waals surface area contributed by atoms with Crippen LogP contribution in [0.5, 0.6) is 0 Å². The van der Waals surface area contributed by atoms with Crippen LogP contribution < -0.4 is 5.32 Å². The Labute approximate surface area is 98.4 Å². The number of hydrogen-bond acceptors (Lipinski definition) is 4. The number of hydrogen-bond donors (Lipinski definition) is 2. The number of rotatable bonds is 3. The summed E-state index contributed by atoms with van der Waals surface area (Å²) < 4.78 is 0. The summed E-state index contributed by atoms with van der Waals surface area (Å²) in [4.78, 5) is 14.8. The molecule has 2 atom stereocenters. The maximum Gasteiger partial charge on any atom is 0.310 e. The van der Waals surface area contributed by atoms with Crippen LogP contribution in [0.3, 0.4) is 0 Å². The molecule has 0 bridgehead atoms. The average Bonchev–Trinajstić information content (AvgIpc) is 2.78. The molecule has 1 aromatic rings. The highest BCUT2D eigenvalue weighted by Gasteiger charge is 2.24. The van der Waals surface area contributed by atoms with Crippen LogP contribution in [0.2, 0.25) is 0 Å². The quantitative estimate of drug-likeness (QED) is 0.765. The van der Waals surface area contributed by atoms with Crippen LogP contribution in [0.1, 0.15) is 12.0 Å². The molecule has 2 rings (SSSR count). The van der Waals surface area contributed by atoms with Crippen molar-refractivity contribution in [2.24, 2.45) is 5.92 Å². The third-order valence-electron chi connectivity index (χ3n) is 2.62. The van der Waals surface area contributed by atoms with Gasteiger partial charge < -0.3 is 10.4 Å². The fourth-order valence-electron chi connectivity index (χ4n) is 1.76. The topological polar surface area (TPSA) is 86.0 Å². The molecule has 0 amide bonds. The van der Waals surface area contributed by atoms with Gasteiger partial charge in [-0.25, -0.2) is 4.98 Å². The Morgan fingerprint density at radius 2 is 2.41 bits per heavy atom. The molecule has 86 valence electrons. The first kappa shape index (κ1) is 11.1. The minimum absolute atomic E-state index is 0.0439. The molecule has 1 aliphatic carbocycles. The minimum Gasteiger partial charge on any atom is -0.481 e. The summed E-state index contributed by atoms with van der Waals surface area (Å²) in [5.74, 6) is -0.666. The van der Waals surface area contributed by atoms with E-state index in [1.165, 1.54) is 0 Å². The van der Waals surface area contributed by atoms with Crippen molar-refractivity contribution < 1.29 is 9.90 Å². The highest BCUT2D eigenvalue weighted by atomic mass is 16.4. The predicted octanol–water partition coefficient (Wildman–Crippen LogP) is 1.39. The van der Waals surface area contributed by atoms with Gasteiger partial charge in [0.1, 0.15) is 5.82 Å². The Hall–Kier alpha value is -2.35. The largest absolute Gasteiger partial charge is 0.481 e. The summed E-state index contributed by atoms with van der Waals surface area (Å²) in [7, 11) is 0. The summed E-state index contributed by atoms with van der Waals surface area (Å²) in [5.41, 5.74) is 0.527. The summed E-state index contributed by atoms with van der Waals surface area (Å²) >= 11 is 0. The lowest BCUT2D eigenvalue weighted by Gasteiger charge is -2.12. The maximum atomic E-state index is 10.8. The fraction of sp³-hybridized carbons (Fsp3) is 0.250. The van der Waals surface area contributed by atoms with E-state index in [1.54, 1.807) is 24.4 Å². The molecule has 0 saturated heterocycles. The van der Waals surface area contributed by atoms with Gasteiger partial charge in [-0.05, 0) is 18.6 Å². The van der Waals surface area contributed by atoms with E-state index in [-0.39, 0.29) is 6.04 Å². The predicted molar refractivity (Wildman–Crippen MR) is 61.2 cm³/mol. The molecule has 5 nitrogen and oxygen atoms in total. The molecule has 1 aliphatic rings. The highest BCUT2D eigenvalue weighted by molar-refractivity contribution is 5.73. The van der Waals surface area contributed by atoms with E-state index in [0.717, 1.165) is 0 Å². The van der Waals surface area contributed by atoms with Crippen LogP contribution in [0.15, 0.2) is 30.5 Å². The van der Waals surface area contributed by atoms with E-state index in [1.807, 2.05) is 12.1 Å². The van der Waals surface area contributed by atoms with E-state index in [4.69, 9.17) is 10.4 Å². The van der Waals surface area contributed by atoms with E-state index in [9.17, 15) is 4.79 Å². The number of nitrogens with one attached hydrogen (secondary N) is 1. The van der Waals surface area contributed by atoms with Crippen molar-refractivity contribution in [2.45, 2.75) is 12.5 Å². The van der Waals surface area contributed by atoms with Crippen molar-refractivity contribution in [1.82, 2.24) is 4.98 Å². The van der Waals surface area contributed by atoms with Gasteiger partial charge in [0.05, 0.1) is 17.6 Å². The second-order valence-electron chi connectivity index (χ2n) is 3.86.